The summed E-state index contributed by atoms with van der Waals surface area (Å²) >= 11 is 9.38. The Kier molecular flexibility index (Phi) is 22.5. The number of phenols is 2. The minimum absolute atomic E-state index is 0. The van der Waals surface area contributed by atoms with Crippen LogP contribution in [0.4, 0.5) is 0 Å². The van der Waals surface area contributed by atoms with Crippen LogP contribution in [0.25, 0.3) is 17.2 Å². The summed E-state index contributed by atoms with van der Waals surface area (Å²) in [5.74, 6) is -3.46. The van der Waals surface area contributed by atoms with Crippen molar-refractivity contribution in [2.24, 2.45) is 10.3 Å². The van der Waals surface area contributed by atoms with Crippen LogP contribution in [-0.2, 0) is 37.3 Å². The molecule has 2 amide bonds. The molecule has 0 fully saturated rings. The fourth-order valence-corrected chi connectivity index (χ4v) is 8.08. The summed E-state index contributed by atoms with van der Waals surface area (Å²) in [5, 5.41) is 72.8. The number of hydrogen-bond acceptors (Lipinski definition) is 15. The largest absolute Gasteiger partial charge is 1.00 e. The molecule has 0 aliphatic rings. The van der Waals surface area contributed by atoms with Crippen LogP contribution >= 0.6 is 69.4 Å². The van der Waals surface area contributed by atoms with Gasteiger partial charge in [0.1, 0.15) is 37.9 Å². The maximum atomic E-state index is 13.1. The molecule has 3 rings (SSSR count). The van der Waals surface area contributed by atoms with E-state index in [2.05, 4.69) is 68.7 Å². The summed E-state index contributed by atoms with van der Waals surface area (Å²) in [6.07, 6.45) is 0.329. The molecule has 0 saturated heterocycles. The zero-order valence-corrected chi connectivity index (χ0v) is 39.9. The first-order valence-corrected chi connectivity index (χ1v) is 20.9. The number of hydrogen-bond donors (Lipinski definition) is 7. The second-order valence-corrected chi connectivity index (χ2v) is 17.1. The molecule has 0 aliphatic heterocycles. The van der Waals surface area contributed by atoms with Gasteiger partial charge >= 0.3 is 65.1 Å². The van der Waals surface area contributed by atoms with E-state index < -0.39 is 44.3 Å². The maximum Gasteiger partial charge on any atom is 1.00 e. The normalized spacial score (nSPS) is 12.0. The predicted molar refractivity (Wildman–Crippen MR) is 206 cm³/mol. The van der Waals surface area contributed by atoms with Crippen LogP contribution in [-0.4, -0.2) is 92.5 Å². The number of carboxylic acid groups (broad SMARTS) is 1. The molecule has 16 nitrogen and oxygen atoms in total. The first kappa shape index (κ1) is 51.2. The molecule has 3 aromatic rings. The van der Waals surface area contributed by atoms with Crippen LogP contribution in [0.1, 0.15) is 16.7 Å². The molecule has 0 atom stereocenters. The summed E-state index contributed by atoms with van der Waals surface area (Å²) in [6, 6.07) is 9.51. The average molecular weight is 1030 g/mol. The third-order valence-electron chi connectivity index (χ3n) is 6.80. The van der Waals surface area contributed by atoms with Crippen LogP contribution in [0.2, 0.25) is 0 Å². The SMILES string of the molecule is O=C(O)/C(=C\c1cc(Br)c(O)c(-c2cc(C/C(=N\O)C(=O)NCCSSCCNC(=O)/C(Cc3ccc(O)c(Br)c3)=N/O)cc(Br)c2[O-])c1)S(=O)(=O)[O-].[Na+].[Na+]. The first-order valence-electron chi connectivity index (χ1n) is 14.6. The van der Waals surface area contributed by atoms with E-state index in [1.807, 2.05) is 0 Å². The van der Waals surface area contributed by atoms with E-state index in [9.17, 15) is 58.2 Å². The summed E-state index contributed by atoms with van der Waals surface area (Å²) < 4.78 is 34.7. The van der Waals surface area contributed by atoms with Gasteiger partial charge in [0, 0.05) is 47.5 Å². The first-order chi connectivity index (χ1) is 25.0. The number of nitrogens with zero attached hydrogens (tertiary/aromatic N) is 2. The van der Waals surface area contributed by atoms with Crippen molar-refractivity contribution in [1.29, 1.82) is 0 Å². The molecule has 24 heteroatoms. The van der Waals surface area contributed by atoms with Gasteiger partial charge in [0.2, 0.25) is 0 Å². The van der Waals surface area contributed by atoms with Gasteiger partial charge in [-0.3, -0.25) is 9.59 Å². The van der Waals surface area contributed by atoms with E-state index in [4.69, 9.17) is 0 Å². The quantitative estimate of drug-likeness (QED) is 0.0115. The van der Waals surface area contributed by atoms with Crippen molar-refractivity contribution in [3.8, 4) is 28.4 Å². The van der Waals surface area contributed by atoms with Crippen LogP contribution in [0.15, 0.2) is 71.1 Å². The van der Waals surface area contributed by atoms with Crippen molar-refractivity contribution in [3.05, 3.63) is 77.5 Å². The van der Waals surface area contributed by atoms with Gasteiger partial charge in [-0.2, -0.15) is 0 Å². The number of oxime groups is 2. The molecule has 0 heterocycles. The standard InChI is InChI=1S/C31H29Br3N4O12S3.2Na/c32-20-9-15(1-2-25(20)39)12-23(37-46)29(42)35-3-5-51-52-6-4-36-30(43)24(38-47)13-16-7-18(27(40)21(33)10-16)19-8-17(11-22(34)28(19)41)14-26(31(44)45)53(48,49)50;;/h1-2,7-11,14,39-41,46-47H,3-6,12-13H2,(H,35,42)(H,36,43)(H,44,45)(H,48,49,50);;/q;2*+1/p-2/b26-14+,37-23+,38-24+;;. The smallest absolute Gasteiger partial charge is 0.871 e. The monoisotopic (exact) mass is 1030 g/mol. The number of phenolic OH excluding ortho intramolecular Hbond substituents is 2. The Labute approximate surface area is 391 Å². The van der Waals surface area contributed by atoms with E-state index in [0.717, 1.165) is 12.1 Å². The number of halogens is 3. The molecule has 3 aromatic carbocycles. The molecule has 0 aromatic heterocycles. The number of rotatable bonds is 17. The Bertz CT molecular complexity index is 2110. The van der Waals surface area contributed by atoms with Gasteiger partial charge < -0.3 is 46.0 Å². The van der Waals surface area contributed by atoms with Crippen LogP contribution in [0.5, 0.6) is 17.2 Å². The molecule has 0 aliphatic carbocycles. The van der Waals surface area contributed by atoms with Gasteiger partial charge in [0.25, 0.3) is 11.8 Å². The van der Waals surface area contributed by atoms with Gasteiger partial charge in [0.15, 0.2) is 0 Å². The Morgan fingerprint density at radius 3 is 1.80 bits per heavy atom. The number of nitrogens with one attached hydrogen (secondary N) is 2. The summed E-state index contributed by atoms with van der Waals surface area (Å²) in [5.41, 5.74) is 0.000958. The fourth-order valence-electron chi connectivity index (χ4n) is 4.36. The number of carbonyl (C=O) groups is 3. The van der Waals surface area contributed by atoms with Gasteiger partial charge in [-0.15, -0.1) is 0 Å². The number of carboxylic acids is 1. The van der Waals surface area contributed by atoms with Crippen molar-refractivity contribution in [3.63, 3.8) is 0 Å². The topological polar surface area (TPSA) is 281 Å². The van der Waals surface area contributed by atoms with E-state index in [1.165, 1.54) is 39.8 Å². The van der Waals surface area contributed by atoms with Crippen molar-refractivity contribution >= 4 is 115 Å². The summed E-state index contributed by atoms with van der Waals surface area (Å²) in [6.45, 7) is 0.419. The van der Waals surface area contributed by atoms with Crippen molar-refractivity contribution < 1.29 is 117 Å². The number of aromatic hydroxyl groups is 2. The molecule has 0 unspecified atom stereocenters. The van der Waals surface area contributed by atoms with Crippen LogP contribution < -0.4 is 74.9 Å². The zero-order valence-electron chi connectivity index (χ0n) is 28.7. The van der Waals surface area contributed by atoms with Crippen molar-refractivity contribution in [2.75, 3.05) is 24.6 Å². The third-order valence-corrected chi connectivity index (χ3v) is 11.9. The van der Waals surface area contributed by atoms with E-state index >= 15 is 0 Å². The Morgan fingerprint density at radius 2 is 1.31 bits per heavy atom. The molecule has 7 N–H and O–H groups in total. The van der Waals surface area contributed by atoms with E-state index in [1.54, 1.807) is 12.1 Å². The fraction of sp³-hybridized carbons (Fsp3) is 0.194. The second-order valence-electron chi connectivity index (χ2n) is 10.5. The average Bonchev–Trinajstić information content (AvgIpc) is 3.09. The molecule has 0 radical (unpaired) electrons. The number of carbonyl (C=O) groups excluding carboxylic acids is 2. The van der Waals surface area contributed by atoms with Crippen LogP contribution in [0.3, 0.4) is 0 Å². The summed E-state index contributed by atoms with van der Waals surface area (Å²) in [7, 11) is -2.60. The number of benzene rings is 3. The van der Waals surface area contributed by atoms with E-state index in [-0.39, 0.29) is 133 Å². The van der Waals surface area contributed by atoms with Gasteiger partial charge in [-0.25, -0.2) is 13.2 Å². The molecule has 0 spiro atoms. The number of amides is 2. The van der Waals surface area contributed by atoms with Crippen LogP contribution in [0, 0.1) is 0 Å². The molecule has 0 saturated carbocycles. The van der Waals surface area contributed by atoms with E-state index in [0.29, 0.717) is 27.6 Å². The third kappa shape index (κ3) is 15.5. The zero-order chi connectivity index (χ0) is 39.5. The predicted octanol–water partition coefficient (Wildman–Crippen LogP) is -1.84. The Balaban J connectivity index is 0.00000756. The second kappa shape index (κ2) is 24.2. The van der Waals surface area contributed by atoms with Crippen molar-refractivity contribution in [2.45, 2.75) is 12.8 Å². The summed E-state index contributed by atoms with van der Waals surface area (Å²) in [4.78, 5) is 35.1. The molecular formula is C31H27Br3N4Na2O12S3. The minimum Gasteiger partial charge on any atom is -0.871 e. The Morgan fingerprint density at radius 1 is 0.782 bits per heavy atom. The van der Waals surface area contributed by atoms with Gasteiger partial charge in [-0.05, 0) is 90.5 Å². The van der Waals surface area contributed by atoms with Crippen molar-refractivity contribution in [1.82, 2.24) is 10.6 Å². The number of aliphatic carboxylic acids is 1. The van der Waals surface area contributed by atoms with Gasteiger partial charge in [0.05, 0.1) is 8.95 Å². The Hall–Kier alpha value is -1.80. The molecule has 0 bridgehead atoms. The minimum atomic E-state index is -5.38. The maximum absolute atomic E-state index is 13.1. The molecule has 284 valence electrons. The molecule has 55 heavy (non-hydrogen) atoms. The molecular weight excluding hydrogens is 1000 g/mol. The van der Waals surface area contributed by atoms with Gasteiger partial charge in [-0.1, -0.05) is 65.7 Å².